The van der Waals surface area contributed by atoms with Crippen molar-refractivity contribution < 1.29 is 24.5 Å². The number of hydrogen-bond donors (Lipinski definition) is 2. The molecule has 2 bridgehead atoms. The molecule has 2 N–H and O–H groups in total. The topological polar surface area (TPSA) is 79.2 Å². The van der Waals surface area contributed by atoms with Crippen LogP contribution in [-0.2, 0) is 16.6 Å². The van der Waals surface area contributed by atoms with Crippen molar-refractivity contribution in [2.45, 2.75) is 67.3 Å². The number of rotatable bonds is 4. The number of nitrogens with zero attached hydrogens (tertiary/aromatic N) is 1. The Kier molecular flexibility index (Phi) is 3.26. The van der Waals surface area contributed by atoms with Crippen LogP contribution < -0.4 is 9.47 Å². The van der Waals surface area contributed by atoms with Crippen LogP contribution in [0.5, 0.6) is 11.5 Å². The monoisotopic (exact) mass is 385 g/mol. The second-order valence-electron chi connectivity index (χ2n) is 9.54. The molecule has 0 unspecified atom stereocenters. The van der Waals surface area contributed by atoms with E-state index in [1.165, 1.54) is 12.8 Å². The van der Waals surface area contributed by atoms with Gasteiger partial charge in [-0.05, 0) is 62.6 Å². The Morgan fingerprint density at radius 3 is 2.82 bits per heavy atom. The van der Waals surface area contributed by atoms with E-state index < -0.39 is 22.7 Å². The van der Waals surface area contributed by atoms with Crippen molar-refractivity contribution in [3.8, 4) is 11.5 Å². The number of piperidine rings is 1. The third-order valence-corrected chi connectivity index (χ3v) is 8.28. The van der Waals surface area contributed by atoms with Gasteiger partial charge < -0.3 is 19.7 Å². The molecule has 150 valence electrons. The van der Waals surface area contributed by atoms with Crippen molar-refractivity contribution in [2.24, 2.45) is 5.92 Å². The van der Waals surface area contributed by atoms with Crippen molar-refractivity contribution in [1.29, 1.82) is 0 Å². The van der Waals surface area contributed by atoms with Gasteiger partial charge in [-0.1, -0.05) is 6.07 Å². The first-order valence-corrected chi connectivity index (χ1v) is 10.5. The van der Waals surface area contributed by atoms with Crippen LogP contribution >= 0.6 is 0 Å². The fourth-order valence-electron chi connectivity index (χ4n) is 6.80. The van der Waals surface area contributed by atoms with E-state index in [2.05, 4.69) is 11.0 Å². The maximum absolute atomic E-state index is 12.2. The highest BCUT2D eigenvalue weighted by atomic mass is 16.5. The van der Waals surface area contributed by atoms with E-state index in [1.54, 1.807) is 7.11 Å². The summed E-state index contributed by atoms with van der Waals surface area (Å²) in [5, 5.41) is 23.4. The summed E-state index contributed by atoms with van der Waals surface area (Å²) in [5.41, 5.74) is -1.23. The summed E-state index contributed by atoms with van der Waals surface area (Å²) in [6, 6.07) is 3.98. The zero-order valence-corrected chi connectivity index (χ0v) is 16.2. The first kappa shape index (κ1) is 17.2. The molecule has 2 saturated carbocycles. The fraction of sp³-hybridized carbons (Fsp3) is 0.682. The molecular weight excluding hydrogens is 358 g/mol. The average Bonchev–Trinajstić information content (AvgIpc) is 3.43. The van der Waals surface area contributed by atoms with Gasteiger partial charge >= 0.3 is 0 Å². The van der Waals surface area contributed by atoms with Gasteiger partial charge in [-0.2, -0.15) is 0 Å². The van der Waals surface area contributed by atoms with Crippen LogP contribution in [0.1, 0.15) is 43.2 Å². The molecule has 1 aromatic rings. The zero-order valence-electron chi connectivity index (χ0n) is 16.2. The highest BCUT2D eigenvalue weighted by molar-refractivity contribution is 5.71. The molecule has 3 fully saturated rings. The third-order valence-electron chi connectivity index (χ3n) is 8.28. The van der Waals surface area contributed by atoms with Crippen LogP contribution in [0.15, 0.2) is 12.1 Å². The first-order chi connectivity index (χ1) is 13.5. The summed E-state index contributed by atoms with van der Waals surface area (Å²) < 4.78 is 11.9. The van der Waals surface area contributed by atoms with Crippen LogP contribution in [0, 0.1) is 5.92 Å². The van der Waals surface area contributed by atoms with Crippen molar-refractivity contribution >= 4 is 6.29 Å². The summed E-state index contributed by atoms with van der Waals surface area (Å²) >= 11 is 0. The number of carbonyl (C=O) groups is 1. The second kappa shape index (κ2) is 5.29. The van der Waals surface area contributed by atoms with E-state index >= 15 is 0 Å². The van der Waals surface area contributed by atoms with Crippen LogP contribution in [0.3, 0.4) is 0 Å². The predicted octanol–water partition coefficient (Wildman–Crippen LogP) is 1.19. The van der Waals surface area contributed by atoms with Gasteiger partial charge in [-0.15, -0.1) is 0 Å². The number of benzene rings is 1. The SMILES string of the molecule is COc1ccc2c3c1O[C@@H]1[C@]34CCN(CC3CC3)[C@H](C2)[C@]4(O)CC[C@@]1(O)C=O. The van der Waals surface area contributed by atoms with Crippen LogP contribution in [0.25, 0.3) is 0 Å². The van der Waals surface area contributed by atoms with Gasteiger partial charge in [0.05, 0.1) is 18.1 Å². The minimum atomic E-state index is -1.59. The Labute approximate surface area is 164 Å². The number of aldehydes is 1. The highest BCUT2D eigenvalue weighted by Crippen LogP contribution is 2.67. The van der Waals surface area contributed by atoms with Crippen LogP contribution in [0.4, 0.5) is 0 Å². The summed E-state index contributed by atoms with van der Waals surface area (Å²) in [6.45, 7) is 1.89. The Bertz CT molecular complexity index is 869. The van der Waals surface area contributed by atoms with Crippen molar-refractivity contribution in [1.82, 2.24) is 4.90 Å². The summed E-state index contributed by atoms with van der Waals surface area (Å²) in [6.07, 6.45) is 4.50. The Morgan fingerprint density at radius 1 is 1.29 bits per heavy atom. The minimum absolute atomic E-state index is 0.00371. The maximum Gasteiger partial charge on any atom is 0.166 e. The van der Waals surface area contributed by atoms with Gasteiger partial charge in [0.1, 0.15) is 6.10 Å². The molecule has 0 aromatic heterocycles. The molecule has 5 aliphatic rings. The number of likely N-dealkylation sites (tertiary alicyclic amines) is 1. The molecule has 6 heteroatoms. The quantitative estimate of drug-likeness (QED) is 0.758. The van der Waals surface area contributed by atoms with E-state index in [9.17, 15) is 15.0 Å². The molecule has 6 nitrogen and oxygen atoms in total. The number of ether oxygens (including phenoxy) is 2. The average molecular weight is 385 g/mol. The third kappa shape index (κ3) is 1.83. The Hall–Kier alpha value is -1.63. The van der Waals surface area contributed by atoms with Crippen LogP contribution in [0.2, 0.25) is 0 Å². The molecule has 1 saturated heterocycles. The smallest absolute Gasteiger partial charge is 0.166 e. The molecule has 5 atom stereocenters. The normalized spacial score (nSPS) is 43.2. The standard InChI is InChI=1S/C22H27NO5/c1-27-15-5-4-14-10-16-22(26)7-6-20(25,12-24)19-21(22,17(14)18(15)28-19)8-9-23(16)11-13-2-3-13/h4-5,12-13,16,19,25-26H,2-3,6-11H2,1H3/t16-,19+,20-,21+,22-/m1/s1. The summed E-state index contributed by atoms with van der Waals surface area (Å²) in [4.78, 5) is 14.4. The molecule has 6 rings (SSSR count). The summed E-state index contributed by atoms with van der Waals surface area (Å²) in [7, 11) is 1.60. The second-order valence-corrected chi connectivity index (χ2v) is 9.54. The molecule has 1 aromatic carbocycles. The molecule has 3 aliphatic carbocycles. The largest absolute Gasteiger partial charge is 0.493 e. The molecule has 1 spiro atoms. The lowest BCUT2D eigenvalue weighted by Crippen LogP contribution is -2.79. The van der Waals surface area contributed by atoms with E-state index in [4.69, 9.17) is 9.47 Å². The molecule has 2 heterocycles. The van der Waals surface area contributed by atoms with Gasteiger partial charge in [0, 0.05) is 18.2 Å². The number of hydrogen-bond acceptors (Lipinski definition) is 6. The molecular formula is C22H27NO5. The van der Waals surface area contributed by atoms with Gasteiger partial charge in [-0.25, -0.2) is 0 Å². The lowest BCUT2D eigenvalue weighted by Gasteiger charge is -2.64. The fourth-order valence-corrected chi connectivity index (χ4v) is 6.80. The number of methoxy groups -OCH3 is 1. The Balaban J connectivity index is 1.58. The van der Waals surface area contributed by atoms with Gasteiger partial charge in [0.2, 0.25) is 0 Å². The minimum Gasteiger partial charge on any atom is -0.493 e. The Morgan fingerprint density at radius 2 is 2.11 bits per heavy atom. The first-order valence-electron chi connectivity index (χ1n) is 10.5. The number of aliphatic hydroxyl groups is 2. The van der Waals surface area contributed by atoms with E-state index in [-0.39, 0.29) is 12.5 Å². The lowest BCUT2D eigenvalue weighted by molar-refractivity contribution is -0.228. The van der Waals surface area contributed by atoms with Gasteiger partial charge in [-0.3, -0.25) is 9.69 Å². The zero-order chi connectivity index (χ0) is 19.3. The van der Waals surface area contributed by atoms with E-state index in [0.717, 1.165) is 36.6 Å². The number of carbonyl (C=O) groups excluding carboxylic acids is 1. The lowest BCUT2D eigenvalue weighted by atomic mass is 9.47. The van der Waals surface area contributed by atoms with Crippen LogP contribution in [-0.4, -0.2) is 64.9 Å². The van der Waals surface area contributed by atoms with Crippen molar-refractivity contribution in [3.63, 3.8) is 0 Å². The van der Waals surface area contributed by atoms with Gasteiger partial charge in [0.25, 0.3) is 0 Å². The highest BCUT2D eigenvalue weighted by Gasteiger charge is 2.76. The molecule has 2 aliphatic heterocycles. The molecule has 28 heavy (non-hydrogen) atoms. The van der Waals surface area contributed by atoms with E-state index in [0.29, 0.717) is 30.6 Å². The van der Waals surface area contributed by atoms with Crippen molar-refractivity contribution in [3.05, 3.63) is 23.3 Å². The molecule has 0 radical (unpaired) electrons. The predicted molar refractivity (Wildman–Crippen MR) is 101 cm³/mol. The molecule has 0 amide bonds. The maximum atomic E-state index is 12.2. The van der Waals surface area contributed by atoms with E-state index in [1.807, 2.05) is 6.07 Å². The van der Waals surface area contributed by atoms with Crippen molar-refractivity contribution in [2.75, 3.05) is 20.2 Å². The summed E-state index contributed by atoms with van der Waals surface area (Å²) in [5.74, 6) is 1.97. The van der Waals surface area contributed by atoms with Gasteiger partial charge in [0.15, 0.2) is 23.4 Å².